The number of hydrogen-bond donors (Lipinski definition) is 0. The van der Waals surface area contributed by atoms with E-state index in [0.717, 1.165) is 22.8 Å². The second-order valence-electron chi connectivity index (χ2n) is 5.42. The van der Waals surface area contributed by atoms with Crippen molar-refractivity contribution in [1.29, 1.82) is 0 Å². The van der Waals surface area contributed by atoms with Crippen LogP contribution >= 0.6 is 0 Å². The molecule has 22 heavy (non-hydrogen) atoms. The maximum absolute atomic E-state index is 12.3. The number of carbonyl (C=O) groups is 1. The van der Waals surface area contributed by atoms with Crippen LogP contribution in [0.1, 0.15) is 17.1 Å². The molecule has 0 saturated carbocycles. The van der Waals surface area contributed by atoms with Crippen molar-refractivity contribution in [3.05, 3.63) is 47.4 Å². The molecule has 0 unspecified atom stereocenters. The van der Waals surface area contributed by atoms with E-state index >= 15 is 0 Å². The minimum absolute atomic E-state index is 0.0331. The molecule has 5 heteroatoms. The number of fused-ring (bicyclic) bond motifs is 1. The molecule has 2 aromatic rings. The summed E-state index contributed by atoms with van der Waals surface area (Å²) < 4.78 is 16.5. The molecule has 3 rings (SSSR count). The van der Waals surface area contributed by atoms with Gasteiger partial charge in [0.15, 0.2) is 11.5 Å². The van der Waals surface area contributed by atoms with Crippen molar-refractivity contribution in [3.8, 4) is 11.5 Å². The van der Waals surface area contributed by atoms with Crippen LogP contribution < -0.4 is 9.47 Å². The third-order valence-electron chi connectivity index (χ3n) is 3.58. The highest BCUT2D eigenvalue weighted by molar-refractivity contribution is 5.78. The van der Waals surface area contributed by atoms with Crippen molar-refractivity contribution in [2.75, 3.05) is 20.3 Å². The number of furan rings is 1. The fraction of sp³-hybridized carbons (Fsp3) is 0.353. The van der Waals surface area contributed by atoms with Crippen LogP contribution in [-0.4, -0.2) is 31.1 Å². The lowest BCUT2D eigenvalue weighted by atomic mass is 10.1. The molecule has 0 radical (unpaired) electrons. The number of likely N-dealkylation sites (N-methyl/N-ethyl adjacent to an activating group) is 1. The van der Waals surface area contributed by atoms with Crippen LogP contribution in [0.3, 0.4) is 0 Å². The van der Waals surface area contributed by atoms with Gasteiger partial charge in [-0.05, 0) is 36.8 Å². The van der Waals surface area contributed by atoms with E-state index in [4.69, 9.17) is 13.9 Å². The molecule has 0 bridgehead atoms. The SMILES string of the molecule is Cc1ccc(CN(C)C(=O)Cc2ccc3c(c2)OCCO3)o1. The molecular formula is C17H19NO4. The Morgan fingerprint density at radius 2 is 1.91 bits per heavy atom. The quantitative estimate of drug-likeness (QED) is 0.871. The van der Waals surface area contributed by atoms with Gasteiger partial charge in [-0.1, -0.05) is 6.07 Å². The Morgan fingerprint density at radius 1 is 1.14 bits per heavy atom. The molecular weight excluding hydrogens is 282 g/mol. The van der Waals surface area contributed by atoms with Crippen molar-refractivity contribution in [2.45, 2.75) is 19.9 Å². The highest BCUT2D eigenvalue weighted by atomic mass is 16.6. The van der Waals surface area contributed by atoms with Gasteiger partial charge in [-0.15, -0.1) is 0 Å². The minimum Gasteiger partial charge on any atom is -0.486 e. The summed E-state index contributed by atoms with van der Waals surface area (Å²) in [5.74, 6) is 3.12. The van der Waals surface area contributed by atoms with Gasteiger partial charge in [0.2, 0.25) is 5.91 Å². The van der Waals surface area contributed by atoms with Crippen molar-refractivity contribution in [2.24, 2.45) is 0 Å². The minimum atomic E-state index is 0.0331. The van der Waals surface area contributed by atoms with Gasteiger partial charge in [0.05, 0.1) is 13.0 Å². The topological polar surface area (TPSA) is 51.9 Å². The predicted molar refractivity (Wildman–Crippen MR) is 81.1 cm³/mol. The highest BCUT2D eigenvalue weighted by Gasteiger charge is 2.15. The number of benzene rings is 1. The van der Waals surface area contributed by atoms with Crippen LogP contribution in [0, 0.1) is 6.92 Å². The fourth-order valence-electron chi connectivity index (χ4n) is 2.40. The Labute approximate surface area is 129 Å². The van der Waals surface area contributed by atoms with Gasteiger partial charge in [-0.2, -0.15) is 0 Å². The van der Waals surface area contributed by atoms with Crippen LogP contribution in [0.2, 0.25) is 0 Å². The standard InChI is InChI=1S/C17H19NO4/c1-12-3-5-14(22-12)11-18(2)17(19)10-13-4-6-15-16(9-13)21-8-7-20-15/h3-6,9H,7-8,10-11H2,1-2H3. The molecule has 0 N–H and O–H groups in total. The Morgan fingerprint density at radius 3 is 2.64 bits per heavy atom. The normalized spacial score (nSPS) is 13.0. The average Bonchev–Trinajstić information content (AvgIpc) is 2.92. The monoisotopic (exact) mass is 301 g/mol. The molecule has 0 spiro atoms. The van der Waals surface area contributed by atoms with Gasteiger partial charge < -0.3 is 18.8 Å². The van der Waals surface area contributed by atoms with E-state index in [9.17, 15) is 4.79 Å². The van der Waals surface area contributed by atoms with E-state index in [2.05, 4.69) is 0 Å². The number of nitrogens with zero attached hydrogens (tertiary/aromatic N) is 1. The number of carbonyl (C=O) groups excluding carboxylic acids is 1. The van der Waals surface area contributed by atoms with Crippen LogP contribution in [0.15, 0.2) is 34.7 Å². The molecule has 1 aliphatic rings. The number of aryl methyl sites for hydroxylation is 1. The predicted octanol–water partition coefficient (Wildman–Crippen LogP) is 2.56. The summed E-state index contributed by atoms with van der Waals surface area (Å²) in [6.45, 7) is 3.47. The van der Waals surface area contributed by atoms with E-state index in [1.54, 1.807) is 11.9 Å². The van der Waals surface area contributed by atoms with Crippen molar-refractivity contribution in [1.82, 2.24) is 4.90 Å². The summed E-state index contributed by atoms with van der Waals surface area (Å²) in [7, 11) is 1.78. The second-order valence-corrected chi connectivity index (χ2v) is 5.42. The molecule has 1 aliphatic heterocycles. The molecule has 0 aliphatic carbocycles. The molecule has 0 atom stereocenters. The second kappa shape index (κ2) is 6.13. The lowest BCUT2D eigenvalue weighted by molar-refractivity contribution is -0.129. The summed E-state index contributed by atoms with van der Waals surface area (Å²) in [5.41, 5.74) is 0.914. The smallest absolute Gasteiger partial charge is 0.227 e. The Bertz CT molecular complexity index is 677. The van der Waals surface area contributed by atoms with E-state index in [-0.39, 0.29) is 5.91 Å². The van der Waals surface area contributed by atoms with Crippen molar-refractivity contribution >= 4 is 5.91 Å². The van der Waals surface area contributed by atoms with Gasteiger partial charge in [0.25, 0.3) is 0 Å². The number of rotatable bonds is 4. The van der Waals surface area contributed by atoms with Crippen LogP contribution in [0.5, 0.6) is 11.5 Å². The summed E-state index contributed by atoms with van der Waals surface area (Å²) >= 11 is 0. The molecule has 0 saturated heterocycles. The van der Waals surface area contributed by atoms with Gasteiger partial charge in [-0.25, -0.2) is 0 Å². The van der Waals surface area contributed by atoms with Gasteiger partial charge in [0, 0.05) is 7.05 Å². The Hall–Kier alpha value is -2.43. The molecule has 1 aromatic heterocycles. The summed E-state index contributed by atoms with van der Waals surface area (Å²) in [6.07, 6.45) is 0.326. The van der Waals surface area contributed by atoms with E-state index < -0.39 is 0 Å². The van der Waals surface area contributed by atoms with Crippen LogP contribution in [0.4, 0.5) is 0 Å². The fourth-order valence-corrected chi connectivity index (χ4v) is 2.40. The van der Waals surface area contributed by atoms with Gasteiger partial charge in [-0.3, -0.25) is 4.79 Å². The Balaban J connectivity index is 1.63. The van der Waals surface area contributed by atoms with Crippen LogP contribution in [-0.2, 0) is 17.8 Å². The van der Waals surface area contributed by atoms with Crippen LogP contribution in [0.25, 0.3) is 0 Å². The summed E-state index contributed by atoms with van der Waals surface area (Å²) in [4.78, 5) is 14.0. The lowest BCUT2D eigenvalue weighted by Gasteiger charge is -2.20. The zero-order valence-corrected chi connectivity index (χ0v) is 12.8. The first-order valence-corrected chi connectivity index (χ1v) is 7.29. The third kappa shape index (κ3) is 3.24. The van der Waals surface area contributed by atoms with E-state index in [1.165, 1.54) is 0 Å². The number of hydrogen-bond acceptors (Lipinski definition) is 4. The lowest BCUT2D eigenvalue weighted by Crippen LogP contribution is -2.27. The summed E-state index contributed by atoms with van der Waals surface area (Å²) in [6, 6.07) is 9.41. The first kappa shape index (κ1) is 14.5. The third-order valence-corrected chi connectivity index (χ3v) is 3.58. The van der Waals surface area contributed by atoms with E-state index in [0.29, 0.717) is 31.9 Å². The van der Waals surface area contributed by atoms with Crippen molar-refractivity contribution < 1.29 is 18.7 Å². The largest absolute Gasteiger partial charge is 0.486 e. The summed E-state index contributed by atoms with van der Waals surface area (Å²) in [5, 5.41) is 0. The zero-order chi connectivity index (χ0) is 15.5. The Kier molecular flexibility index (Phi) is 4.04. The molecule has 116 valence electrons. The zero-order valence-electron chi connectivity index (χ0n) is 12.8. The first-order valence-electron chi connectivity index (χ1n) is 7.29. The molecule has 5 nitrogen and oxygen atoms in total. The van der Waals surface area contributed by atoms with E-state index in [1.807, 2.05) is 37.3 Å². The van der Waals surface area contributed by atoms with Gasteiger partial charge in [0.1, 0.15) is 24.7 Å². The molecule has 2 heterocycles. The molecule has 1 aromatic carbocycles. The number of ether oxygens (including phenoxy) is 2. The molecule has 0 fully saturated rings. The average molecular weight is 301 g/mol. The first-order chi connectivity index (χ1) is 10.6. The maximum atomic E-state index is 12.3. The van der Waals surface area contributed by atoms with Gasteiger partial charge >= 0.3 is 0 Å². The highest BCUT2D eigenvalue weighted by Crippen LogP contribution is 2.30. The molecule has 1 amide bonds. The number of amides is 1. The van der Waals surface area contributed by atoms with Crippen molar-refractivity contribution in [3.63, 3.8) is 0 Å². The maximum Gasteiger partial charge on any atom is 0.227 e.